The number of aromatic nitrogens is 5. The number of ether oxygens (including phenoxy) is 2. The van der Waals surface area contributed by atoms with Crippen molar-refractivity contribution in [3.05, 3.63) is 47.8 Å². The molecule has 14 heteroatoms. The maximum atomic E-state index is 13.4. The number of hydrogen-bond acceptors (Lipinski definition) is 10. The lowest BCUT2D eigenvalue weighted by Crippen LogP contribution is -2.31. The standard InChI is InChI=1S/C23H32N6O6S2/c1-15-13-24-22(25-14-15)16(2)17(3)37(32,33)28-23-27-26-20(11-6-7-12-36(30)31)29(23)21-18(34-4)9-8-10-19(21)35-5/h8-10,13-14,16-17H,6-7,11-12H2,1-5H3,(H,27,28)(H,30,31)/p-1/t16-,17-/m0/s1. The van der Waals surface area contributed by atoms with Crippen LogP contribution in [-0.2, 0) is 27.5 Å². The molecule has 0 radical (unpaired) electrons. The second-order valence-electron chi connectivity index (χ2n) is 8.51. The fourth-order valence-electron chi connectivity index (χ4n) is 3.67. The molecule has 3 rings (SSSR count). The zero-order chi connectivity index (χ0) is 27.2. The lowest BCUT2D eigenvalue weighted by Gasteiger charge is -2.21. The molecule has 0 aliphatic carbocycles. The number of nitrogens with one attached hydrogen (secondary N) is 1. The van der Waals surface area contributed by atoms with Gasteiger partial charge in [-0.2, -0.15) is 0 Å². The Hall–Kier alpha value is -3.10. The van der Waals surface area contributed by atoms with Crippen LogP contribution in [-0.4, -0.2) is 67.1 Å². The minimum atomic E-state index is -3.98. The topological polar surface area (TPSA) is 161 Å². The molecule has 3 atom stereocenters. The summed E-state index contributed by atoms with van der Waals surface area (Å²) in [7, 11) is -1.01. The highest BCUT2D eigenvalue weighted by Gasteiger charge is 2.32. The van der Waals surface area contributed by atoms with E-state index < -0.39 is 32.3 Å². The average molecular weight is 552 g/mol. The Morgan fingerprint density at radius 2 is 1.70 bits per heavy atom. The molecular weight excluding hydrogens is 520 g/mol. The molecule has 12 nitrogen and oxygen atoms in total. The predicted molar refractivity (Wildman–Crippen MR) is 138 cm³/mol. The van der Waals surface area contributed by atoms with Crippen LogP contribution in [0.1, 0.15) is 49.8 Å². The molecule has 0 saturated carbocycles. The van der Waals surface area contributed by atoms with Gasteiger partial charge in [0.2, 0.25) is 16.0 Å². The second-order valence-corrected chi connectivity index (χ2v) is 11.6. The van der Waals surface area contributed by atoms with Crippen molar-refractivity contribution in [2.45, 2.75) is 51.2 Å². The van der Waals surface area contributed by atoms with Crippen LogP contribution in [0.3, 0.4) is 0 Å². The number of benzene rings is 1. The number of rotatable bonds is 13. The van der Waals surface area contributed by atoms with Crippen molar-refractivity contribution in [2.24, 2.45) is 0 Å². The van der Waals surface area contributed by atoms with E-state index in [1.165, 1.54) is 18.8 Å². The summed E-state index contributed by atoms with van der Waals surface area (Å²) >= 11 is -2.15. The van der Waals surface area contributed by atoms with Gasteiger partial charge in [0.25, 0.3) is 0 Å². The van der Waals surface area contributed by atoms with E-state index in [0.717, 1.165) is 5.56 Å². The van der Waals surface area contributed by atoms with Crippen LogP contribution in [0.15, 0.2) is 30.6 Å². The normalized spacial score (nSPS) is 14.1. The number of nitrogens with zero attached hydrogens (tertiary/aromatic N) is 5. The summed E-state index contributed by atoms with van der Waals surface area (Å²) in [5, 5.41) is 7.43. The van der Waals surface area contributed by atoms with E-state index >= 15 is 0 Å². The molecule has 202 valence electrons. The molecule has 2 aromatic heterocycles. The van der Waals surface area contributed by atoms with Crippen molar-refractivity contribution in [1.29, 1.82) is 0 Å². The maximum absolute atomic E-state index is 13.4. The number of unbranched alkanes of at least 4 members (excludes halogenated alkanes) is 1. The van der Waals surface area contributed by atoms with Gasteiger partial charge in [-0.1, -0.05) is 24.1 Å². The van der Waals surface area contributed by atoms with Gasteiger partial charge in [-0.3, -0.25) is 13.5 Å². The van der Waals surface area contributed by atoms with Crippen molar-refractivity contribution < 1.29 is 26.7 Å². The summed E-state index contributed by atoms with van der Waals surface area (Å²) in [6, 6.07) is 5.16. The van der Waals surface area contributed by atoms with Gasteiger partial charge in [0.15, 0.2) is 0 Å². The minimum absolute atomic E-state index is 0.0160. The monoisotopic (exact) mass is 551 g/mol. The van der Waals surface area contributed by atoms with Crippen LogP contribution in [0, 0.1) is 6.92 Å². The van der Waals surface area contributed by atoms with Crippen LogP contribution in [0.4, 0.5) is 5.95 Å². The number of methoxy groups -OCH3 is 2. The Kier molecular flexibility index (Phi) is 9.56. The molecule has 37 heavy (non-hydrogen) atoms. The van der Waals surface area contributed by atoms with Crippen LogP contribution < -0.4 is 14.2 Å². The number of hydrogen-bond donors (Lipinski definition) is 1. The number of anilines is 1. The van der Waals surface area contributed by atoms with Crippen LogP contribution in [0.5, 0.6) is 11.5 Å². The van der Waals surface area contributed by atoms with E-state index in [-0.39, 0.29) is 11.7 Å². The lowest BCUT2D eigenvalue weighted by atomic mass is 10.1. The van der Waals surface area contributed by atoms with Gasteiger partial charge in [0.05, 0.1) is 19.5 Å². The Bertz CT molecular complexity index is 1310. The predicted octanol–water partition coefficient (Wildman–Crippen LogP) is 2.52. The summed E-state index contributed by atoms with van der Waals surface area (Å²) in [6.45, 7) is 5.17. The van der Waals surface area contributed by atoms with Crippen molar-refractivity contribution in [3.63, 3.8) is 0 Å². The molecular formula is C23H31N6O6S2-. The van der Waals surface area contributed by atoms with Crippen LogP contribution in [0.25, 0.3) is 5.69 Å². The van der Waals surface area contributed by atoms with Crippen molar-refractivity contribution in [2.75, 3.05) is 24.7 Å². The molecule has 2 heterocycles. The van der Waals surface area contributed by atoms with E-state index in [4.69, 9.17) is 9.47 Å². The number of aryl methyl sites for hydroxylation is 2. The maximum Gasteiger partial charge on any atom is 0.243 e. The molecule has 3 aromatic rings. The van der Waals surface area contributed by atoms with E-state index in [9.17, 15) is 17.2 Å². The van der Waals surface area contributed by atoms with E-state index in [1.807, 2.05) is 6.92 Å². The smallest absolute Gasteiger partial charge is 0.243 e. The summed E-state index contributed by atoms with van der Waals surface area (Å²) in [6.07, 6.45) is 4.54. The van der Waals surface area contributed by atoms with Crippen molar-refractivity contribution in [1.82, 2.24) is 24.7 Å². The Labute approximate surface area is 219 Å². The first kappa shape index (κ1) is 28.5. The molecule has 0 amide bonds. The third kappa shape index (κ3) is 6.81. The average Bonchev–Trinajstić information content (AvgIpc) is 3.26. The number of sulfonamides is 1. The zero-order valence-electron chi connectivity index (χ0n) is 21.4. The summed E-state index contributed by atoms with van der Waals surface area (Å²) in [5.41, 5.74) is 1.29. The highest BCUT2D eigenvalue weighted by Crippen LogP contribution is 2.36. The Morgan fingerprint density at radius 1 is 1.08 bits per heavy atom. The largest absolute Gasteiger partial charge is 0.772 e. The van der Waals surface area contributed by atoms with Crippen molar-refractivity contribution in [3.8, 4) is 17.2 Å². The van der Waals surface area contributed by atoms with Gasteiger partial charge in [-0.25, -0.2) is 18.4 Å². The van der Waals surface area contributed by atoms with Gasteiger partial charge in [-0.15, -0.1) is 10.2 Å². The molecule has 0 spiro atoms. The van der Waals surface area contributed by atoms with Crippen molar-refractivity contribution >= 4 is 27.1 Å². The fraction of sp³-hybridized carbons (Fsp3) is 0.478. The first-order valence-electron chi connectivity index (χ1n) is 11.6. The van der Waals surface area contributed by atoms with Gasteiger partial charge in [-0.05, 0) is 44.4 Å². The SMILES string of the molecule is COc1cccc(OC)c1-n1c(CCCCS(=O)[O-])nnc1NS(=O)(=O)[C@@H](C)[C@H](C)c1ncc(C)cn1. The van der Waals surface area contributed by atoms with Gasteiger partial charge >= 0.3 is 0 Å². The molecule has 1 N–H and O–H groups in total. The molecule has 0 aliphatic rings. The Balaban J connectivity index is 2.00. The molecule has 1 aromatic carbocycles. The second kappa shape index (κ2) is 12.4. The molecule has 0 fully saturated rings. The van der Waals surface area contributed by atoms with E-state index in [0.29, 0.717) is 48.1 Å². The Morgan fingerprint density at radius 3 is 2.27 bits per heavy atom. The third-order valence-corrected chi connectivity index (χ3v) is 8.43. The van der Waals surface area contributed by atoms with Gasteiger partial charge in [0.1, 0.15) is 28.8 Å². The first-order valence-corrected chi connectivity index (χ1v) is 14.4. The summed E-state index contributed by atoms with van der Waals surface area (Å²) in [5.74, 6) is 1.11. The van der Waals surface area contributed by atoms with Gasteiger partial charge in [0, 0.05) is 30.5 Å². The molecule has 0 saturated heterocycles. The van der Waals surface area contributed by atoms with E-state index in [1.54, 1.807) is 44.4 Å². The first-order chi connectivity index (χ1) is 17.6. The molecule has 0 aliphatic heterocycles. The van der Waals surface area contributed by atoms with Crippen LogP contribution >= 0.6 is 0 Å². The summed E-state index contributed by atoms with van der Waals surface area (Å²) < 4.78 is 63.9. The number of para-hydroxylation sites is 1. The third-order valence-electron chi connectivity index (χ3n) is 5.95. The fourth-order valence-corrected chi connectivity index (χ4v) is 5.34. The van der Waals surface area contributed by atoms with Gasteiger partial charge < -0.3 is 14.0 Å². The van der Waals surface area contributed by atoms with E-state index in [2.05, 4.69) is 24.9 Å². The summed E-state index contributed by atoms with van der Waals surface area (Å²) in [4.78, 5) is 8.55. The van der Waals surface area contributed by atoms with Crippen LogP contribution in [0.2, 0.25) is 0 Å². The zero-order valence-corrected chi connectivity index (χ0v) is 23.0. The molecule has 1 unspecified atom stereocenters. The minimum Gasteiger partial charge on any atom is -0.772 e. The highest BCUT2D eigenvalue weighted by atomic mass is 32.2. The quantitative estimate of drug-likeness (QED) is 0.247. The molecule has 0 bridgehead atoms. The highest BCUT2D eigenvalue weighted by molar-refractivity contribution is 7.93. The lowest BCUT2D eigenvalue weighted by molar-refractivity contribution is 0.390.